The highest BCUT2D eigenvalue weighted by Gasteiger charge is 2.31. The first-order valence-corrected chi connectivity index (χ1v) is 13.4. The summed E-state index contributed by atoms with van der Waals surface area (Å²) in [4.78, 5) is 27.6. The number of nitrogens with one attached hydrogen (secondary N) is 1. The van der Waals surface area contributed by atoms with Crippen LogP contribution in [0.2, 0.25) is 0 Å². The second-order valence-corrected chi connectivity index (χ2v) is 10.2. The van der Waals surface area contributed by atoms with Gasteiger partial charge in [0.25, 0.3) is 0 Å². The predicted octanol–water partition coefficient (Wildman–Crippen LogP) is 3.32. The number of anilines is 1. The normalized spacial score (nSPS) is 13.0. The molecule has 192 valence electrons. The summed E-state index contributed by atoms with van der Waals surface area (Å²) in [6, 6.07) is 11.3. The van der Waals surface area contributed by atoms with E-state index in [0.717, 1.165) is 10.6 Å². The van der Waals surface area contributed by atoms with Crippen LogP contribution in [0.5, 0.6) is 5.75 Å². The fourth-order valence-electron chi connectivity index (χ4n) is 3.39. The maximum Gasteiger partial charge on any atom is 0.244 e. The molecule has 2 atom stereocenters. The average Bonchev–Trinajstić information content (AvgIpc) is 2.81. The zero-order valence-corrected chi connectivity index (χ0v) is 21.6. The van der Waals surface area contributed by atoms with E-state index in [9.17, 15) is 22.4 Å². The van der Waals surface area contributed by atoms with Crippen LogP contribution in [0, 0.1) is 5.82 Å². The molecule has 0 heterocycles. The standard InChI is InChI=1S/C25H34FN3O5S/c1-6-18(3)27-25(31)19(4)28(16-20-12-8-9-13-21(20)26)24(30)17-29(35(5,32)33)22-14-10-11-15-23(22)34-7-2/h8-15,18-19H,6-7,16-17H2,1-5H3,(H,27,31)/t18-,19-/m0/s1. The summed E-state index contributed by atoms with van der Waals surface area (Å²) in [5.74, 6) is -1.29. The molecule has 10 heteroatoms. The summed E-state index contributed by atoms with van der Waals surface area (Å²) >= 11 is 0. The number of nitrogens with zero attached hydrogens (tertiary/aromatic N) is 2. The second-order valence-electron chi connectivity index (χ2n) is 8.28. The first-order chi connectivity index (χ1) is 16.5. The van der Waals surface area contributed by atoms with Gasteiger partial charge in [0.05, 0.1) is 18.6 Å². The van der Waals surface area contributed by atoms with Gasteiger partial charge in [-0.25, -0.2) is 12.8 Å². The minimum Gasteiger partial charge on any atom is -0.492 e. The molecule has 0 aliphatic carbocycles. The first-order valence-electron chi connectivity index (χ1n) is 11.5. The molecule has 0 aliphatic rings. The molecule has 0 spiro atoms. The van der Waals surface area contributed by atoms with Crippen LogP contribution in [0.3, 0.4) is 0 Å². The number of benzene rings is 2. The monoisotopic (exact) mass is 507 g/mol. The van der Waals surface area contributed by atoms with Gasteiger partial charge in [0, 0.05) is 18.2 Å². The van der Waals surface area contributed by atoms with Crippen molar-refractivity contribution in [1.29, 1.82) is 0 Å². The van der Waals surface area contributed by atoms with E-state index in [4.69, 9.17) is 4.74 Å². The number of amides is 2. The summed E-state index contributed by atoms with van der Waals surface area (Å²) in [6.07, 6.45) is 1.68. The van der Waals surface area contributed by atoms with Crippen molar-refractivity contribution in [2.45, 2.75) is 52.7 Å². The van der Waals surface area contributed by atoms with Gasteiger partial charge < -0.3 is 15.0 Å². The van der Waals surface area contributed by atoms with Crippen molar-refractivity contribution in [2.75, 3.05) is 23.7 Å². The quantitative estimate of drug-likeness (QED) is 0.476. The minimum atomic E-state index is -3.91. The lowest BCUT2D eigenvalue weighted by molar-refractivity contribution is -0.139. The molecule has 0 fully saturated rings. The van der Waals surface area contributed by atoms with Crippen molar-refractivity contribution in [3.8, 4) is 5.75 Å². The SMILES string of the molecule is CCOc1ccccc1N(CC(=O)N(Cc1ccccc1F)[C@@H](C)C(=O)N[C@@H](C)CC)S(C)(=O)=O. The van der Waals surface area contributed by atoms with E-state index in [1.807, 2.05) is 13.8 Å². The molecule has 0 radical (unpaired) electrons. The second kappa shape index (κ2) is 12.5. The molecule has 0 saturated carbocycles. The van der Waals surface area contributed by atoms with Crippen LogP contribution in [0.15, 0.2) is 48.5 Å². The Labute approximate surface area is 207 Å². The number of sulfonamides is 1. The van der Waals surface area contributed by atoms with Crippen molar-refractivity contribution >= 4 is 27.5 Å². The van der Waals surface area contributed by atoms with E-state index in [1.165, 1.54) is 30.0 Å². The van der Waals surface area contributed by atoms with Gasteiger partial charge in [-0.3, -0.25) is 13.9 Å². The molecule has 35 heavy (non-hydrogen) atoms. The van der Waals surface area contributed by atoms with E-state index in [0.29, 0.717) is 18.8 Å². The summed E-state index contributed by atoms with van der Waals surface area (Å²) in [6.45, 7) is 6.57. The van der Waals surface area contributed by atoms with E-state index in [1.54, 1.807) is 37.3 Å². The Balaban J connectivity index is 2.45. The van der Waals surface area contributed by atoms with Gasteiger partial charge in [-0.15, -0.1) is 0 Å². The largest absolute Gasteiger partial charge is 0.492 e. The lowest BCUT2D eigenvalue weighted by atomic mass is 10.1. The topological polar surface area (TPSA) is 96.0 Å². The number of hydrogen-bond donors (Lipinski definition) is 1. The predicted molar refractivity (Wildman–Crippen MR) is 134 cm³/mol. The molecular weight excluding hydrogens is 473 g/mol. The van der Waals surface area contributed by atoms with Crippen molar-refractivity contribution in [3.05, 3.63) is 59.9 Å². The highest BCUT2D eigenvalue weighted by atomic mass is 32.2. The Morgan fingerprint density at radius 3 is 2.29 bits per heavy atom. The number of rotatable bonds is 12. The number of carbonyl (C=O) groups excluding carboxylic acids is 2. The van der Waals surface area contributed by atoms with Crippen molar-refractivity contribution in [3.63, 3.8) is 0 Å². The van der Waals surface area contributed by atoms with Gasteiger partial charge in [-0.1, -0.05) is 37.3 Å². The van der Waals surface area contributed by atoms with Crippen molar-refractivity contribution in [1.82, 2.24) is 10.2 Å². The van der Waals surface area contributed by atoms with Crippen LogP contribution in [-0.4, -0.2) is 56.6 Å². The van der Waals surface area contributed by atoms with Gasteiger partial charge in [-0.05, 0) is 45.4 Å². The van der Waals surface area contributed by atoms with Crippen molar-refractivity contribution < 1.29 is 27.1 Å². The summed E-state index contributed by atoms with van der Waals surface area (Å²) in [5, 5.41) is 2.83. The van der Waals surface area contributed by atoms with E-state index in [2.05, 4.69) is 5.32 Å². The maximum atomic E-state index is 14.4. The lowest BCUT2D eigenvalue weighted by Gasteiger charge is -2.32. The smallest absolute Gasteiger partial charge is 0.244 e. The third-order valence-electron chi connectivity index (χ3n) is 5.58. The Bertz CT molecular complexity index is 1130. The fourth-order valence-corrected chi connectivity index (χ4v) is 4.25. The molecule has 0 unspecified atom stereocenters. The molecule has 0 aliphatic heterocycles. The van der Waals surface area contributed by atoms with Crippen LogP contribution >= 0.6 is 0 Å². The van der Waals surface area contributed by atoms with Gasteiger partial charge in [-0.2, -0.15) is 0 Å². The number of halogens is 1. The summed E-state index contributed by atoms with van der Waals surface area (Å²) in [7, 11) is -3.91. The Kier molecular flexibility index (Phi) is 10.1. The molecular formula is C25H34FN3O5S. The highest BCUT2D eigenvalue weighted by molar-refractivity contribution is 7.92. The third kappa shape index (κ3) is 7.68. The molecule has 8 nitrogen and oxygen atoms in total. The van der Waals surface area contributed by atoms with E-state index >= 15 is 0 Å². The van der Waals surface area contributed by atoms with Crippen LogP contribution in [0.4, 0.5) is 10.1 Å². The molecule has 2 amide bonds. The van der Waals surface area contributed by atoms with E-state index in [-0.39, 0.29) is 23.8 Å². The zero-order chi connectivity index (χ0) is 26.2. The van der Waals surface area contributed by atoms with Crippen LogP contribution in [0.1, 0.15) is 39.7 Å². The lowest BCUT2D eigenvalue weighted by Crippen LogP contribution is -2.52. The van der Waals surface area contributed by atoms with Crippen LogP contribution < -0.4 is 14.4 Å². The average molecular weight is 508 g/mol. The van der Waals surface area contributed by atoms with Gasteiger partial charge in [0.15, 0.2) is 0 Å². The fraction of sp³-hybridized carbons (Fsp3) is 0.440. The first kappa shape index (κ1) is 28.1. The van der Waals surface area contributed by atoms with Gasteiger partial charge >= 0.3 is 0 Å². The summed E-state index contributed by atoms with van der Waals surface area (Å²) in [5.41, 5.74) is 0.414. The van der Waals surface area contributed by atoms with Gasteiger partial charge in [0.1, 0.15) is 24.2 Å². The molecule has 0 saturated heterocycles. The number of hydrogen-bond acceptors (Lipinski definition) is 5. The van der Waals surface area contributed by atoms with E-state index < -0.39 is 40.2 Å². The van der Waals surface area contributed by atoms with Crippen LogP contribution in [-0.2, 0) is 26.2 Å². The number of carbonyl (C=O) groups is 2. The molecule has 2 rings (SSSR count). The highest BCUT2D eigenvalue weighted by Crippen LogP contribution is 2.30. The van der Waals surface area contributed by atoms with Crippen molar-refractivity contribution in [2.24, 2.45) is 0 Å². The molecule has 0 bridgehead atoms. The molecule has 2 aromatic rings. The number of ether oxygens (including phenoxy) is 1. The summed E-state index contributed by atoms with van der Waals surface area (Å²) < 4.78 is 46.4. The molecule has 0 aromatic heterocycles. The maximum absolute atomic E-state index is 14.4. The Morgan fingerprint density at radius 2 is 1.69 bits per heavy atom. The molecule has 1 N–H and O–H groups in total. The Morgan fingerprint density at radius 1 is 1.06 bits per heavy atom. The number of para-hydroxylation sites is 2. The zero-order valence-electron chi connectivity index (χ0n) is 20.8. The third-order valence-corrected chi connectivity index (χ3v) is 6.71. The van der Waals surface area contributed by atoms with Gasteiger partial charge in [0.2, 0.25) is 21.8 Å². The van der Waals surface area contributed by atoms with Crippen LogP contribution in [0.25, 0.3) is 0 Å². The Hall–Kier alpha value is -3.14. The minimum absolute atomic E-state index is 0.124. The molecule has 2 aromatic carbocycles.